The number of aliphatic hydroxyl groups is 1. The van der Waals surface area contributed by atoms with E-state index in [-0.39, 0.29) is 12.2 Å². The van der Waals surface area contributed by atoms with E-state index in [1.54, 1.807) is 0 Å². The molecule has 0 aromatic heterocycles. The number of unbranched alkanes of at least 4 members (excludes halogenated alkanes) is 1. The summed E-state index contributed by atoms with van der Waals surface area (Å²) in [4.78, 5) is 0. The number of hydrogen-bond donors (Lipinski definition) is 1. The molecule has 2 heteroatoms. The van der Waals surface area contributed by atoms with Crippen LogP contribution in [0.5, 0.6) is 0 Å². The normalized spacial score (nSPS) is 25.4. The molecular formula is C14H20O2. The number of epoxide rings is 1. The lowest BCUT2D eigenvalue weighted by Crippen LogP contribution is -2.08. The van der Waals surface area contributed by atoms with Crippen molar-refractivity contribution in [2.45, 2.75) is 51.4 Å². The van der Waals surface area contributed by atoms with Crippen LogP contribution >= 0.6 is 0 Å². The molecule has 3 atom stereocenters. The van der Waals surface area contributed by atoms with Crippen molar-refractivity contribution in [3.8, 4) is 0 Å². The molecule has 0 saturated carbocycles. The summed E-state index contributed by atoms with van der Waals surface area (Å²) in [6.07, 6.45) is 3.28. The van der Waals surface area contributed by atoms with Crippen LogP contribution in [0.2, 0.25) is 0 Å². The molecule has 0 aliphatic carbocycles. The van der Waals surface area contributed by atoms with E-state index >= 15 is 0 Å². The van der Waals surface area contributed by atoms with E-state index in [1.807, 2.05) is 31.2 Å². The first kappa shape index (κ1) is 11.6. The van der Waals surface area contributed by atoms with Gasteiger partial charge in [-0.2, -0.15) is 0 Å². The van der Waals surface area contributed by atoms with Gasteiger partial charge in [0, 0.05) is 0 Å². The maximum absolute atomic E-state index is 10.1. The molecule has 2 nitrogen and oxygen atoms in total. The molecule has 1 saturated heterocycles. The van der Waals surface area contributed by atoms with Gasteiger partial charge in [-0.1, -0.05) is 49.6 Å². The van der Waals surface area contributed by atoms with Crippen LogP contribution in [0, 0.1) is 6.92 Å². The van der Waals surface area contributed by atoms with Gasteiger partial charge in [0.2, 0.25) is 0 Å². The largest absolute Gasteiger partial charge is 0.386 e. The highest BCUT2D eigenvalue weighted by atomic mass is 16.6. The molecule has 1 aromatic rings. The Morgan fingerprint density at radius 1 is 1.31 bits per heavy atom. The van der Waals surface area contributed by atoms with Crippen molar-refractivity contribution in [2.75, 3.05) is 0 Å². The second-order valence-electron chi connectivity index (χ2n) is 4.64. The van der Waals surface area contributed by atoms with Crippen LogP contribution in [-0.4, -0.2) is 17.3 Å². The molecule has 88 valence electrons. The minimum absolute atomic E-state index is 0.0225. The molecular weight excluding hydrogens is 200 g/mol. The third-order valence-corrected chi connectivity index (χ3v) is 3.19. The summed E-state index contributed by atoms with van der Waals surface area (Å²) in [6.45, 7) is 4.22. The molecule has 1 fully saturated rings. The molecule has 0 amide bonds. The van der Waals surface area contributed by atoms with Crippen LogP contribution in [0.15, 0.2) is 24.3 Å². The molecule has 0 bridgehead atoms. The van der Waals surface area contributed by atoms with Crippen LogP contribution in [-0.2, 0) is 4.74 Å². The van der Waals surface area contributed by atoms with E-state index in [1.165, 1.54) is 18.4 Å². The summed E-state index contributed by atoms with van der Waals surface area (Å²) in [5.41, 5.74) is 2.18. The Hall–Kier alpha value is -0.860. The van der Waals surface area contributed by atoms with Crippen molar-refractivity contribution in [1.29, 1.82) is 0 Å². The van der Waals surface area contributed by atoms with Gasteiger partial charge in [-0.3, -0.25) is 0 Å². The van der Waals surface area contributed by atoms with E-state index in [4.69, 9.17) is 4.74 Å². The first-order chi connectivity index (χ1) is 7.72. The molecule has 1 heterocycles. The molecule has 1 aliphatic heterocycles. The summed E-state index contributed by atoms with van der Waals surface area (Å²) in [6, 6.07) is 8.03. The standard InChI is InChI=1S/C14H20O2/c1-3-4-5-12-14(16-12)13(15)11-8-6-10(2)7-9-11/h6-9,12-15H,3-5H2,1-2H3. The second kappa shape index (κ2) is 4.98. The average molecular weight is 220 g/mol. The summed E-state index contributed by atoms with van der Waals surface area (Å²) in [7, 11) is 0. The van der Waals surface area contributed by atoms with Gasteiger partial charge in [-0.05, 0) is 18.9 Å². The summed E-state index contributed by atoms with van der Waals surface area (Å²) in [5.74, 6) is 0. The maximum atomic E-state index is 10.1. The van der Waals surface area contributed by atoms with Gasteiger partial charge in [0.25, 0.3) is 0 Å². The third kappa shape index (κ3) is 2.63. The highest BCUT2D eigenvalue weighted by Crippen LogP contribution is 2.37. The van der Waals surface area contributed by atoms with Crippen molar-refractivity contribution in [3.63, 3.8) is 0 Å². The smallest absolute Gasteiger partial charge is 0.114 e. The topological polar surface area (TPSA) is 32.8 Å². The van der Waals surface area contributed by atoms with Gasteiger partial charge in [0.15, 0.2) is 0 Å². The number of rotatable bonds is 5. The Balaban J connectivity index is 1.89. The van der Waals surface area contributed by atoms with Gasteiger partial charge in [0.05, 0.1) is 6.10 Å². The van der Waals surface area contributed by atoms with E-state index in [0.29, 0.717) is 0 Å². The van der Waals surface area contributed by atoms with Gasteiger partial charge >= 0.3 is 0 Å². The third-order valence-electron chi connectivity index (χ3n) is 3.19. The van der Waals surface area contributed by atoms with E-state index in [2.05, 4.69) is 6.92 Å². The summed E-state index contributed by atoms with van der Waals surface area (Å²) in [5, 5.41) is 10.1. The zero-order valence-corrected chi connectivity index (χ0v) is 10.0. The lowest BCUT2D eigenvalue weighted by molar-refractivity contribution is 0.137. The van der Waals surface area contributed by atoms with Crippen LogP contribution in [0.4, 0.5) is 0 Å². The first-order valence-corrected chi connectivity index (χ1v) is 6.12. The van der Waals surface area contributed by atoms with E-state index < -0.39 is 6.10 Å². The quantitative estimate of drug-likeness (QED) is 0.774. The van der Waals surface area contributed by atoms with Gasteiger partial charge in [-0.25, -0.2) is 0 Å². The molecule has 1 aromatic carbocycles. The zero-order chi connectivity index (χ0) is 11.5. The Morgan fingerprint density at radius 3 is 2.62 bits per heavy atom. The Morgan fingerprint density at radius 2 is 2.00 bits per heavy atom. The van der Waals surface area contributed by atoms with Crippen molar-refractivity contribution >= 4 is 0 Å². The van der Waals surface area contributed by atoms with Crippen LogP contribution in [0.3, 0.4) is 0 Å². The van der Waals surface area contributed by atoms with Crippen molar-refractivity contribution in [1.82, 2.24) is 0 Å². The number of aryl methyl sites for hydroxylation is 1. The molecule has 0 radical (unpaired) electrons. The molecule has 1 aliphatic rings. The van der Waals surface area contributed by atoms with Crippen molar-refractivity contribution in [2.24, 2.45) is 0 Å². The molecule has 1 N–H and O–H groups in total. The minimum atomic E-state index is -0.456. The highest BCUT2D eigenvalue weighted by Gasteiger charge is 2.43. The maximum Gasteiger partial charge on any atom is 0.114 e. The van der Waals surface area contributed by atoms with Crippen molar-refractivity contribution < 1.29 is 9.84 Å². The van der Waals surface area contributed by atoms with Gasteiger partial charge in [-0.15, -0.1) is 0 Å². The fourth-order valence-electron chi connectivity index (χ4n) is 2.03. The Kier molecular flexibility index (Phi) is 3.62. The first-order valence-electron chi connectivity index (χ1n) is 6.12. The van der Waals surface area contributed by atoms with E-state index in [0.717, 1.165) is 12.0 Å². The van der Waals surface area contributed by atoms with Gasteiger partial charge < -0.3 is 9.84 Å². The number of hydrogen-bond acceptors (Lipinski definition) is 2. The second-order valence-corrected chi connectivity index (χ2v) is 4.64. The summed E-state index contributed by atoms with van der Waals surface area (Å²) >= 11 is 0. The van der Waals surface area contributed by atoms with Crippen LogP contribution in [0.1, 0.15) is 43.4 Å². The lowest BCUT2D eigenvalue weighted by Gasteiger charge is -2.08. The van der Waals surface area contributed by atoms with Gasteiger partial charge in [0.1, 0.15) is 12.2 Å². The van der Waals surface area contributed by atoms with Crippen LogP contribution in [0.25, 0.3) is 0 Å². The molecule has 0 spiro atoms. The average Bonchev–Trinajstić information content (AvgIpc) is 3.06. The number of aliphatic hydroxyl groups excluding tert-OH is 1. The minimum Gasteiger partial charge on any atom is -0.386 e. The SMILES string of the molecule is CCCCC1OC1C(O)c1ccc(C)cc1. The Bertz CT molecular complexity index is 331. The predicted molar refractivity (Wildman–Crippen MR) is 64.3 cm³/mol. The predicted octanol–water partition coefficient (Wildman–Crippen LogP) is 2.99. The molecule has 2 rings (SSSR count). The fraction of sp³-hybridized carbons (Fsp3) is 0.571. The summed E-state index contributed by atoms with van der Waals surface area (Å²) < 4.78 is 5.52. The van der Waals surface area contributed by atoms with Crippen molar-refractivity contribution in [3.05, 3.63) is 35.4 Å². The monoisotopic (exact) mass is 220 g/mol. The fourth-order valence-corrected chi connectivity index (χ4v) is 2.03. The Labute approximate surface area is 97.3 Å². The lowest BCUT2D eigenvalue weighted by atomic mass is 10.0. The molecule has 3 unspecified atom stereocenters. The molecule has 16 heavy (non-hydrogen) atoms. The highest BCUT2D eigenvalue weighted by molar-refractivity contribution is 5.25. The van der Waals surface area contributed by atoms with E-state index in [9.17, 15) is 5.11 Å². The van der Waals surface area contributed by atoms with Crippen LogP contribution < -0.4 is 0 Å². The number of benzene rings is 1. The zero-order valence-electron chi connectivity index (χ0n) is 10.0. The number of ether oxygens (including phenoxy) is 1.